The summed E-state index contributed by atoms with van der Waals surface area (Å²) in [4.78, 5) is 2.33. The Morgan fingerprint density at radius 2 is 1.59 bits per heavy atom. The molecule has 2 aromatic rings. The van der Waals surface area contributed by atoms with Crippen molar-refractivity contribution in [3.63, 3.8) is 0 Å². The van der Waals surface area contributed by atoms with Gasteiger partial charge in [-0.3, -0.25) is 0 Å². The summed E-state index contributed by atoms with van der Waals surface area (Å²) in [5.41, 5.74) is 4.16. The minimum atomic E-state index is -3.69. The second-order valence-corrected chi connectivity index (χ2v) is 7.22. The minimum absolute atomic E-state index is 0.117. The van der Waals surface area contributed by atoms with E-state index in [9.17, 15) is 8.42 Å². The van der Waals surface area contributed by atoms with Crippen LogP contribution in [0.15, 0.2) is 46.4 Å². The average molecular weight is 337 g/mol. The predicted octanol–water partition coefficient (Wildman–Crippen LogP) is 3.58. The first kappa shape index (κ1) is 16.5. The molecule has 0 fully saturated rings. The Balaban J connectivity index is 2.20. The summed E-state index contributed by atoms with van der Waals surface area (Å²) in [5.74, 6) is 0. The molecular weight excluding hydrogens is 320 g/mol. The van der Waals surface area contributed by atoms with Gasteiger partial charge in [0.05, 0.1) is 11.1 Å². The highest BCUT2D eigenvalue weighted by Gasteiger charge is 2.12. The molecule has 0 unspecified atom stereocenters. The molecule has 0 radical (unpaired) electrons. The highest BCUT2D eigenvalue weighted by Crippen LogP contribution is 2.15. The summed E-state index contributed by atoms with van der Waals surface area (Å²) in [6.07, 6.45) is 1.53. The van der Waals surface area contributed by atoms with Gasteiger partial charge < -0.3 is 0 Å². The zero-order chi connectivity index (χ0) is 16.3. The normalized spacial score (nSPS) is 11.8. The molecule has 0 atom stereocenters. The topological polar surface area (TPSA) is 58.5 Å². The van der Waals surface area contributed by atoms with Crippen LogP contribution in [-0.4, -0.2) is 14.6 Å². The van der Waals surface area contributed by atoms with Gasteiger partial charge in [0.2, 0.25) is 0 Å². The van der Waals surface area contributed by atoms with Gasteiger partial charge in [-0.25, -0.2) is 4.83 Å². The molecule has 0 spiro atoms. The molecule has 4 nitrogen and oxygen atoms in total. The first-order valence-electron chi connectivity index (χ1n) is 6.68. The summed E-state index contributed by atoms with van der Waals surface area (Å²) >= 11 is 5.75. The van der Waals surface area contributed by atoms with Gasteiger partial charge in [0.15, 0.2) is 0 Å². The fourth-order valence-electron chi connectivity index (χ4n) is 2.22. The Kier molecular flexibility index (Phi) is 4.88. The molecule has 22 heavy (non-hydrogen) atoms. The molecule has 116 valence electrons. The lowest BCUT2D eigenvalue weighted by Gasteiger charge is -2.07. The van der Waals surface area contributed by atoms with E-state index in [0.29, 0.717) is 5.02 Å². The number of sulfonamides is 1. The molecule has 0 aliphatic heterocycles. The van der Waals surface area contributed by atoms with E-state index in [1.165, 1.54) is 30.5 Å². The van der Waals surface area contributed by atoms with Crippen molar-refractivity contribution >= 4 is 27.8 Å². The van der Waals surface area contributed by atoms with Crippen molar-refractivity contribution in [2.75, 3.05) is 0 Å². The van der Waals surface area contributed by atoms with Crippen LogP contribution in [0, 0.1) is 20.8 Å². The summed E-state index contributed by atoms with van der Waals surface area (Å²) < 4.78 is 24.2. The lowest BCUT2D eigenvalue weighted by atomic mass is 10.0. The maximum atomic E-state index is 12.1. The predicted molar refractivity (Wildman–Crippen MR) is 90.0 cm³/mol. The molecule has 0 aromatic heterocycles. The van der Waals surface area contributed by atoms with E-state index in [1.807, 2.05) is 32.9 Å². The lowest BCUT2D eigenvalue weighted by molar-refractivity contribution is 0.584. The Hall–Kier alpha value is -1.85. The van der Waals surface area contributed by atoms with Crippen LogP contribution < -0.4 is 4.83 Å². The van der Waals surface area contributed by atoms with Gasteiger partial charge in [-0.05, 0) is 56.2 Å². The lowest BCUT2D eigenvalue weighted by Crippen LogP contribution is -2.18. The van der Waals surface area contributed by atoms with Gasteiger partial charge in [-0.2, -0.15) is 13.5 Å². The van der Waals surface area contributed by atoms with Gasteiger partial charge in [0.25, 0.3) is 10.0 Å². The minimum Gasteiger partial charge on any atom is -0.200 e. The molecule has 0 amide bonds. The van der Waals surface area contributed by atoms with E-state index in [0.717, 1.165) is 22.3 Å². The van der Waals surface area contributed by atoms with Crippen LogP contribution in [0.25, 0.3) is 0 Å². The quantitative estimate of drug-likeness (QED) is 0.685. The summed E-state index contributed by atoms with van der Waals surface area (Å²) in [5, 5.41) is 4.35. The van der Waals surface area contributed by atoms with E-state index < -0.39 is 10.0 Å². The summed E-state index contributed by atoms with van der Waals surface area (Å²) in [6.45, 7) is 5.95. The monoisotopic (exact) mass is 336 g/mol. The fraction of sp³-hybridized carbons (Fsp3) is 0.188. The molecule has 2 rings (SSSR count). The van der Waals surface area contributed by atoms with Crippen molar-refractivity contribution in [1.29, 1.82) is 0 Å². The highest BCUT2D eigenvalue weighted by atomic mass is 35.5. The van der Waals surface area contributed by atoms with Gasteiger partial charge in [0, 0.05) is 10.6 Å². The molecule has 0 aliphatic carbocycles. The van der Waals surface area contributed by atoms with E-state index in [2.05, 4.69) is 9.93 Å². The number of nitrogens with one attached hydrogen (secondary N) is 1. The van der Waals surface area contributed by atoms with E-state index in [4.69, 9.17) is 11.6 Å². The standard InChI is InChI=1S/C16H17ClN2O2S/c1-11-8-12(2)16(13(3)9-11)10-18-19-22(20,21)15-6-4-14(17)5-7-15/h4-10,19H,1-3H3/b18-10-. The highest BCUT2D eigenvalue weighted by molar-refractivity contribution is 7.89. The fourth-order valence-corrected chi connectivity index (χ4v) is 3.14. The number of nitrogens with zero attached hydrogens (tertiary/aromatic N) is 1. The van der Waals surface area contributed by atoms with Crippen molar-refractivity contribution in [1.82, 2.24) is 4.83 Å². The molecule has 2 aromatic carbocycles. The number of hydrogen-bond donors (Lipinski definition) is 1. The van der Waals surface area contributed by atoms with Gasteiger partial charge in [-0.15, -0.1) is 0 Å². The molecular formula is C16H17ClN2O2S. The van der Waals surface area contributed by atoms with Crippen LogP contribution in [0.1, 0.15) is 22.3 Å². The Morgan fingerprint density at radius 1 is 1.05 bits per heavy atom. The second kappa shape index (κ2) is 6.50. The zero-order valence-electron chi connectivity index (χ0n) is 12.6. The number of hydrazone groups is 1. The second-order valence-electron chi connectivity index (χ2n) is 5.12. The van der Waals surface area contributed by atoms with Crippen LogP contribution in [0.3, 0.4) is 0 Å². The molecule has 0 heterocycles. The number of benzene rings is 2. The summed E-state index contributed by atoms with van der Waals surface area (Å²) in [7, 11) is -3.69. The Bertz CT molecular complexity index is 790. The third kappa shape index (κ3) is 3.87. The van der Waals surface area contributed by atoms with Crippen molar-refractivity contribution in [3.05, 3.63) is 63.7 Å². The van der Waals surface area contributed by atoms with Crippen molar-refractivity contribution < 1.29 is 8.42 Å². The first-order valence-corrected chi connectivity index (χ1v) is 8.54. The summed E-state index contributed by atoms with van der Waals surface area (Å²) in [6, 6.07) is 9.97. The van der Waals surface area contributed by atoms with Crippen LogP contribution >= 0.6 is 11.6 Å². The van der Waals surface area contributed by atoms with E-state index in [-0.39, 0.29) is 4.90 Å². The molecule has 0 aliphatic rings. The van der Waals surface area contributed by atoms with Gasteiger partial charge >= 0.3 is 0 Å². The van der Waals surface area contributed by atoms with Crippen molar-refractivity contribution in [2.45, 2.75) is 25.7 Å². The number of aryl methyl sites for hydroxylation is 3. The zero-order valence-corrected chi connectivity index (χ0v) is 14.2. The number of hydrogen-bond acceptors (Lipinski definition) is 3. The van der Waals surface area contributed by atoms with Gasteiger partial charge in [-0.1, -0.05) is 29.3 Å². The van der Waals surface area contributed by atoms with Crippen LogP contribution in [0.5, 0.6) is 0 Å². The third-order valence-corrected chi connectivity index (χ3v) is 4.72. The first-order chi connectivity index (χ1) is 10.3. The molecule has 0 saturated carbocycles. The molecule has 6 heteroatoms. The van der Waals surface area contributed by atoms with Crippen LogP contribution in [0.4, 0.5) is 0 Å². The smallest absolute Gasteiger partial charge is 0.200 e. The average Bonchev–Trinajstić information content (AvgIpc) is 2.42. The van der Waals surface area contributed by atoms with Crippen molar-refractivity contribution in [3.8, 4) is 0 Å². The van der Waals surface area contributed by atoms with Gasteiger partial charge in [0.1, 0.15) is 0 Å². The SMILES string of the molecule is Cc1cc(C)c(/C=N\NS(=O)(=O)c2ccc(Cl)cc2)c(C)c1. The van der Waals surface area contributed by atoms with E-state index in [1.54, 1.807) is 0 Å². The molecule has 1 N–H and O–H groups in total. The number of rotatable bonds is 4. The molecule has 0 saturated heterocycles. The molecule has 0 bridgehead atoms. The Labute approximate surface area is 135 Å². The van der Waals surface area contributed by atoms with Crippen LogP contribution in [0.2, 0.25) is 5.02 Å². The third-order valence-electron chi connectivity index (χ3n) is 3.23. The maximum Gasteiger partial charge on any atom is 0.276 e. The van der Waals surface area contributed by atoms with E-state index >= 15 is 0 Å². The number of halogens is 1. The van der Waals surface area contributed by atoms with Crippen LogP contribution in [-0.2, 0) is 10.0 Å². The van der Waals surface area contributed by atoms with Crippen molar-refractivity contribution in [2.24, 2.45) is 5.10 Å². The maximum absolute atomic E-state index is 12.1. The Morgan fingerprint density at radius 3 is 2.14 bits per heavy atom. The largest absolute Gasteiger partial charge is 0.276 e.